The summed E-state index contributed by atoms with van der Waals surface area (Å²) in [5.74, 6) is 0.398. The molecular formula is C18H26N2O4. The summed E-state index contributed by atoms with van der Waals surface area (Å²) < 4.78 is 5.61. The minimum absolute atomic E-state index is 0.237. The van der Waals surface area contributed by atoms with Crippen molar-refractivity contribution in [2.45, 2.75) is 33.1 Å². The number of aliphatic carboxylic acids is 1. The number of nitrogens with one attached hydrogen (secondary N) is 1. The third-order valence-corrected chi connectivity index (χ3v) is 4.47. The van der Waals surface area contributed by atoms with Gasteiger partial charge in [0.15, 0.2) is 0 Å². The largest absolute Gasteiger partial charge is 0.492 e. The molecule has 132 valence electrons. The van der Waals surface area contributed by atoms with E-state index in [0.29, 0.717) is 32.0 Å². The lowest BCUT2D eigenvalue weighted by Crippen LogP contribution is -2.42. The van der Waals surface area contributed by atoms with Gasteiger partial charge in [0.2, 0.25) is 0 Å². The third kappa shape index (κ3) is 4.40. The van der Waals surface area contributed by atoms with Crippen molar-refractivity contribution in [3.8, 4) is 5.75 Å². The number of carboxylic acid groups (broad SMARTS) is 1. The zero-order valence-electron chi connectivity index (χ0n) is 14.5. The molecule has 1 aliphatic rings. The molecule has 6 nitrogen and oxygen atoms in total. The molecule has 2 N–H and O–H groups in total. The average molecular weight is 334 g/mol. The van der Waals surface area contributed by atoms with E-state index in [2.05, 4.69) is 19.2 Å². The van der Waals surface area contributed by atoms with E-state index in [4.69, 9.17) is 4.74 Å². The number of ether oxygens (including phenoxy) is 1. The van der Waals surface area contributed by atoms with Gasteiger partial charge in [-0.3, -0.25) is 4.79 Å². The number of rotatable bonds is 6. The van der Waals surface area contributed by atoms with Crippen molar-refractivity contribution in [1.82, 2.24) is 10.2 Å². The zero-order valence-corrected chi connectivity index (χ0v) is 14.5. The fraction of sp³-hybridized carbons (Fsp3) is 0.556. The first-order chi connectivity index (χ1) is 11.3. The van der Waals surface area contributed by atoms with Crippen molar-refractivity contribution in [3.05, 3.63) is 29.8 Å². The van der Waals surface area contributed by atoms with Crippen LogP contribution in [-0.2, 0) is 4.79 Å². The van der Waals surface area contributed by atoms with E-state index in [9.17, 15) is 14.7 Å². The molecule has 1 fully saturated rings. The molecule has 1 atom stereocenters. The van der Waals surface area contributed by atoms with Gasteiger partial charge in [0.25, 0.3) is 0 Å². The van der Waals surface area contributed by atoms with Crippen LogP contribution >= 0.6 is 0 Å². The van der Waals surface area contributed by atoms with Crippen LogP contribution in [0.15, 0.2) is 24.3 Å². The van der Waals surface area contributed by atoms with Crippen LogP contribution in [0.25, 0.3) is 0 Å². The molecule has 2 amide bonds. The van der Waals surface area contributed by atoms with Gasteiger partial charge in [-0.05, 0) is 37.0 Å². The Balaban J connectivity index is 1.71. The predicted octanol–water partition coefficient (Wildman–Crippen LogP) is 2.70. The molecular weight excluding hydrogens is 308 g/mol. The van der Waals surface area contributed by atoms with Crippen LogP contribution in [0.1, 0.15) is 38.7 Å². The third-order valence-electron chi connectivity index (χ3n) is 4.47. The van der Waals surface area contributed by atoms with E-state index in [1.807, 2.05) is 24.3 Å². The number of amides is 2. The van der Waals surface area contributed by atoms with Gasteiger partial charge in [-0.1, -0.05) is 26.0 Å². The van der Waals surface area contributed by atoms with Crippen LogP contribution in [-0.4, -0.2) is 48.2 Å². The van der Waals surface area contributed by atoms with Gasteiger partial charge in [0.1, 0.15) is 12.4 Å². The summed E-state index contributed by atoms with van der Waals surface area (Å²) in [6, 6.07) is 7.69. The van der Waals surface area contributed by atoms with Crippen LogP contribution < -0.4 is 10.1 Å². The summed E-state index contributed by atoms with van der Waals surface area (Å²) in [4.78, 5) is 24.8. The molecule has 1 aliphatic heterocycles. The van der Waals surface area contributed by atoms with Gasteiger partial charge in [-0.15, -0.1) is 0 Å². The summed E-state index contributed by atoms with van der Waals surface area (Å²) in [6.07, 6.45) is 0.481. The number of urea groups is 1. The Bertz CT molecular complexity index is 585. The molecule has 0 radical (unpaired) electrons. The fourth-order valence-electron chi connectivity index (χ4n) is 2.70. The standard InChI is InChI=1S/C18H26N2O4/c1-13(2)14-4-6-15(7-5-14)24-11-9-19-17(23)20-10-8-18(3,12-20)16(21)22/h4-7,13H,8-12H2,1-3H3,(H,19,23)(H,21,22). The summed E-state index contributed by atoms with van der Waals surface area (Å²) in [7, 11) is 0. The van der Waals surface area contributed by atoms with Gasteiger partial charge < -0.3 is 20.1 Å². The van der Waals surface area contributed by atoms with E-state index in [-0.39, 0.29) is 12.6 Å². The van der Waals surface area contributed by atoms with Gasteiger partial charge in [-0.2, -0.15) is 0 Å². The van der Waals surface area contributed by atoms with Crippen LogP contribution in [0.4, 0.5) is 4.79 Å². The molecule has 0 saturated carbocycles. The first kappa shape index (κ1) is 18.1. The van der Waals surface area contributed by atoms with Crippen molar-refractivity contribution in [2.24, 2.45) is 5.41 Å². The van der Waals surface area contributed by atoms with Crippen molar-refractivity contribution in [1.29, 1.82) is 0 Å². The van der Waals surface area contributed by atoms with E-state index < -0.39 is 11.4 Å². The molecule has 1 aromatic carbocycles. The van der Waals surface area contributed by atoms with Crippen molar-refractivity contribution in [2.75, 3.05) is 26.2 Å². The molecule has 1 heterocycles. The molecule has 24 heavy (non-hydrogen) atoms. The van der Waals surface area contributed by atoms with Gasteiger partial charge in [-0.25, -0.2) is 4.79 Å². The van der Waals surface area contributed by atoms with E-state index >= 15 is 0 Å². The van der Waals surface area contributed by atoms with E-state index in [0.717, 1.165) is 5.75 Å². The minimum atomic E-state index is -0.856. The van der Waals surface area contributed by atoms with Crippen LogP contribution in [0.5, 0.6) is 5.75 Å². The smallest absolute Gasteiger partial charge is 0.317 e. The SMILES string of the molecule is CC(C)c1ccc(OCCNC(=O)N2CCC(C)(C(=O)O)C2)cc1. The van der Waals surface area contributed by atoms with E-state index in [1.54, 1.807) is 11.8 Å². The number of carbonyl (C=O) groups is 2. The molecule has 1 saturated heterocycles. The first-order valence-electron chi connectivity index (χ1n) is 8.31. The second kappa shape index (κ2) is 7.55. The molecule has 0 bridgehead atoms. The number of hydrogen-bond donors (Lipinski definition) is 2. The molecule has 1 aromatic rings. The zero-order chi connectivity index (χ0) is 17.7. The van der Waals surface area contributed by atoms with Crippen molar-refractivity contribution < 1.29 is 19.4 Å². The highest BCUT2D eigenvalue weighted by Gasteiger charge is 2.42. The highest BCUT2D eigenvalue weighted by Crippen LogP contribution is 2.29. The summed E-state index contributed by atoms with van der Waals surface area (Å²) in [5.41, 5.74) is 0.414. The number of benzene rings is 1. The Kier molecular flexibility index (Phi) is 5.70. The average Bonchev–Trinajstić information content (AvgIpc) is 2.96. The minimum Gasteiger partial charge on any atom is -0.492 e. The molecule has 0 aromatic heterocycles. The molecule has 1 unspecified atom stereocenters. The highest BCUT2D eigenvalue weighted by atomic mass is 16.5. The predicted molar refractivity (Wildman–Crippen MR) is 91.4 cm³/mol. The molecule has 6 heteroatoms. The van der Waals surface area contributed by atoms with Gasteiger partial charge in [0, 0.05) is 13.1 Å². The maximum Gasteiger partial charge on any atom is 0.317 e. The Morgan fingerprint density at radius 3 is 2.54 bits per heavy atom. The monoisotopic (exact) mass is 334 g/mol. The van der Waals surface area contributed by atoms with Crippen LogP contribution in [0.2, 0.25) is 0 Å². The number of carboxylic acids is 1. The van der Waals surface area contributed by atoms with Gasteiger partial charge >= 0.3 is 12.0 Å². The molecule has 2 rings (SSSR count). The molecule has 0 aliphatic carbocycles. The summed E-state index contributed by atoms with van der Waals surface area (Å²) in [6.45, 7) is 7.41. The number of hydrogen-bond acceptors (Lipinski definition) is 3. The van der Waals surface area contributed by atoms with Crippen LogP contribution in [0.3, 0.4) is 0 Å². The quantitative estimate of drug-likeness (QED) is 0.784. The maximum absolute atomic E-state index is 12.1. The van der Waals surface area contributed by atoms with E-state index in [1.165, 1.54) is 5.56 Å². The molecule has 0 spiro atoms. The lowest BCUT2D eigenvalue weighted by molar-refractivity contribution is -0.147. The number of likely N-dealkylation sites (tertiary alicyclic amines) is 1. The number of nitrogens with zero attached hydrogens (tertiary/aromatic N) is 1. The van der Waals surface area contributed by atoms with Crippen molar-refractivity contribution >= 4 is 12.0 Å². The Morgan fingerprint density at radius 2 is 2.00 bits per heavy atom. The summed E-state index contributed by atoms with van der Waals surface area (Å²) >= 11 is 0. The fourth-order valence-corrected chi connectivity index (χ4v) is 2.70. The second-order valence-electron chi connectivity index (χ2n) is 6.84. The van der Waals surface area contributed by atoms with Crippen molar-refractivity contribution in [3.63, 3.8) is 0 Å². The van der Waals surface area contributed by atoms with Gasteiger partial charge in [0.05, 0.1) is 12.0 Å². The summed E-state index contributed by atoms with van der Waals surface area (Å²) in [5, 5.41) is 12.0. The normalized spacial score (nSPS) is 20.2. The highest BCUT2D eigenvalue weighted by molar-refractivity contribution is 5.79. The Labute approximate surface area is 142 Å². The Morgan fingerprint density at radius 1 is 1.33 bits per heavy atom. The Hall–Kier alpha value is -2.24. The lowest BCUT2D eigenvalue weighted by atomic mass is 9.90. The maximum atomic E-state index is 12.1. The first-order valence-corrected chi connectivity index (χ1v) is 8.31. The second-order valence-corrected chi connectivity index (χ2v) is 6.84. The topological polar surface area (TPSA) is 78.9 Å². The van der Waals surface area contributed by atoms with Crippen LogP contribution in [0, 0.1) is 5.41 Å². The lowest BCUT2D eigenvalue weighted by Gasteiger charge is -2.20. The number of carbonyl (C=O) groups excluding carboxylic acids is 1.